The Hall–Kier alpha value is -2.38. The highest BCUT2D eigenvalue weighted by atomic mass is 16.3. The van der Waals surface area contributed by atoms with E-state index < -0.39 is 0 Å². The molecule has 4 rings (SSSR count). The molecule has 0 aromatic heterocycles. The van der Waals surface area contributed by atoms with Gasteiger partial charge in [-0.1, -0.05) is 85.8 Å². The van der Waals surface area contributed by atoms with Crippen molar-refractivity contribution in [2.75, 3.05) is 6.61 Å². The Kier molecular flexibility index (Phi) is 3.32. The van der Waals surface area contributed by atoms with E-state index in [1.54, 1.807) is 0 Å². The molecule has 1 nitrogen and oxygen atoms in total. The first kappa shape index (κ1) is 14.2. The van der Waals surface area contributed by atoms with Crippen molar-refractivity contribution < 1.29 is 5.11 Å². The Morgan fingerprint density at radius 3 is 2.43 bits per heavy atom. The largest absolute Gasteiger partial charge is 0.395 e. The van der Waals surface area contributed by atoms with Gasteiger partial charge in [0, 0.05) is 11.3 Å². The molecule has 0 spiro atoms. The zero-order valence-corrected chi connectivity index (χ0v) is 13.2. The smallest absolute Gasteiger partial charge is 0.0528 e. The molecule has 0 aliphatic heterocycles. The van der Waals surface area contributed by atoms with Crippen LogP contribution < -0.4 is 0 Å². The molecule has 3 aromatic carbocycles. The summed E-state index contributed by atoms with van der Waals surface area (Å²) in [6.45, 7) is 2.28. The van der Waals surface area contributed by atoms with Gasteiger partial charge in [0.05, 0.1) is 6.61 Å². The number of fused-ring (bicyclic) bond motifs is 2. The topological polar surface area (TPSA) is 20.2 Å². The van der Waals surface area contributed by atoms with Crippen molar-refractivity contribution in [2.24, 2.45) is 5.41 Å². The summed E-state index contributed by atoms with van der Waals surface area (Å²) in [6, 6.07) is 23.5. The fourth-order valence-corrected chi connectivity index (χ4v) is 3.83. The number of hydrogen-bond acceptors (Lipinski definition) is 1. The van der Waals surface area contributed by atoms with Crippen LogP contribution >= 0.6 is 0 Å². The molecule has 2 atom stereocenters. The average Bonchev–Trinajstić information content (AvgIpc) is 2.61. The molecule has 1 aliphatic carbocycles. The van der Waals surface area contributed by atoms with Gasteiger partial charge in [-0.05, 0) is 27.5 Å². The van der Waals surface area contributed by atoms with Crippen molar-refractivity contribution in [3.05, 3.63) is 89.5 Å². The van der Waals surface area contributed by atoms with E-state index in [1.165, 1.54) is 27.5 Å². The molecule has 0 radical (unpaired) electrons. The summed E-state index contributed by atoms with van der Waals surface area (Å²) >= 11 is 0. The Bertz CT molecular complexity index is 888. The molecule has 0 heterocycles. The minimum atomic E-state index is -0.293. The van der Waals surface area contributed by atoms with Crippen molar-refractivity contribution in [3.63, 3.8) is 0 Å². The van der Waals surface area contributed by atoms with Crippen molar-refractivity contribution in [1.29, 1.82) is 0 Å². The second-order valence-corrected chi connectivity index (χ2v) is 6.63. The summed E-state index contributed by atoms with van der Waals surface area (Å²) in [4.78, 5) is 0. The van der Waals surface area contributed by atoms with Crippen molar-refractivity contribution in [2.45, 2.75) is 12.8 Å². The van der Waals surface area contributed by atoms with Gasteiger partial charge < -0.3 is 5.11 Å². The third-order valence-corrected chi connectivity index (χ3v) is 5.09. The molecule has 0 unspecified atom stereocenters. The van der Waals surface area contributed by atoms with Crippen LogP contribution in [0.2, 0.25) is 0 Å². The molecule has 3 aromatic rings. The van der Waals surface area contributed by atoms with Gasteiger partial charge in [-0.3, -0.25) is 0 Å². The molecule has 0 saturated carbocycles. The number of aliphatic hydroxyl groups is 1. The van der Waals surface area contributed by atoms with E-state index >= 15 is 0 Å². The maximum Gasteiger partial charge on any atom is 0.0528 e. The second kappa shape index (κ2) is 5.36. The van der Waals surface area contributed by atoms with E-state index in [9.17, 15) is 5.11 Å². The first-order valence-corrected chi connectivity index (χ1v) is 8.10. The van der Waals surface area contributed by atoms with Gasteiger partial charge in [0.2, 0.25) is 0 Å². The molecule has 1 aliphatic rings. The quantitative estimate of drug-likeness (QED) is 0.706. The van der Waals surface area contributed by atoms with E-state index in [1.807, 2.05) is 0 Å². The summed E-state index contributed by atoms with van der Waals surface area (Å²) in [7, 11) is 0. The third kappa shape index (κ3) is 2.20. The van der Waals surface area contributed by atoms with Crippen LogP contribution in [0.1, 0.15) is 29.5 Å². The van der Waals surface area contributed by atoms with Crippen molar-refractivity contribution >= 4 is 16.8 Å². The van der Waals surface area contributed by atoms with E-state index in [0.717, 1.165) is 0 Å². The zero-order valence-electron chi connectivity index (χ0n) is 13.2. The van der Waals surface area contributed by atoms with Gasteiger partial charge in [0.15, 0.2) is 0 Å². The van der Waals surface area contributed by atoms with E-state index in [4.69, 9.17) is 0 Å². The number of hydrogen-bond donors (Lipinski definition) is 1. The van der Waals surface area contributed by atoms with Gasteiger partial charge in [-0.25, -0.2) is 0 Å². The highest BCUT2D eigenvalue weighted by Gasteiger charge is 2.37. The van der Waals surface area contributed by atoms with Crippen LogP contribution in [0.4, 0.5) is 0 Å². The lowest BCUT2D eigenvalue weighted by Gasteiger charge is -2.38. The maximum absolute atomic E-state index is 10.1. The summed E-state index contributed by atoms with van der Waals surface area (Å²) < 4.78 is 0. The second-order valence-electron chi connectivity index (χ2n) is 6.63. The van der Waals surface area contributed by atoms with Crippen LogP contribution in [0.3, 0.4) is 0 Å². The van der Waals surface area contributed by atoms with Gasteiger partial charge in [0.25, 0.3) is 0 Å². The van der Waals surface area contributed by atoms with Crippen LogP contribution in [-0.4, -0.2) is 11.7 Å². The SMILES string of the molecule is C[C@]1(CO)C=Cc2ccccc2[C@@H]1c1cccc2ccccc12. The molecule has 23 heavy (non-hydrogen) atoms. The Morgan fingerprint density at radius 2 is 1.57 bits per heavy atom. The van der Waals surface area contributed by atoms with Crippen LogP contribution in [-0.2, 0) is 0 Å². The van der Waals surface area contributed by atoms with Crippen molar-refractivity contribution in [3.8, 4) is 0 Å². The summed E-state index contributed by atoms with van der Waals surface area (Å²) in [5, 5.41) is 12.6. The van der Waals surface area contributed by atoms with Gasteiger partial charge in [0.1, 0.15) is 0 Å². The maximum atomic E-state index is 10.1. The Labute approximate surface area is 136 Å². The third-order valence-electron chi connectivity index (χ3n) is 5.09. The molecule has 0 amide bonds. The lowest BCUT2D eigenvalue weighted by atomic mass is 9.65. The van der Waals surface area contributed by atoms with Crippen LogP contribution in [0.15, 0.2) is 72.8 Å². The van der Waals surface area contributed by atoms with Gasteiger partial charge in [-0.15, -0.1) is 0 Å². The number of benzene rings is 3. The minimum absolute atomic E-state index is 0.131. The molecule has 0 saturated heterocycles. The molecule has 114 valence electrons. The number of aliphatic hydroxyl groups excluding tert-OH is 1. The lowest BCUT2D eigenvalue weighted by molar-refractivity contribution is 0.168. The van der Waals surface area contributed by atoms with E-state index in [0.29, 0.717) is 0 Å². The molecule has 0 bridgehead atoms. The first-order chi connectivity index (χ1) is 11.2. The van der Waals surface area contributed by atoms with Crippen LogP contribution in [0.5, 0.6) is 0 Å². The first-order valence-electron chi connectivity index (χ1n) is 8.10. The molecule has 0 fully saturated rings. The predicted octanol–water partition coefficient (Wildman–Crippen LogP) is 5.00. The monoisotopic (exact) mass is 300 g/mol. The molecule has 1 heteroatoms. The van der Waals surface area contributed by atoms with Crippen LogP contribution in [0, 0.1) is 5.41 Å². The minimum Gasteiger partial charge on any atom is -0.395 e. The fourth-order valence-electron chi connectivity index (χ4n) is 3.83. The Morgan fingerprint density at radius 1 is 0.870 bits per heavy atom. The summed E-state index contributed by atoms with van der Waals surface area (Å²) in [5.74, 6) is 0.153. The number of rotatable bonds is 2. The summed E-state index contributed by atoms with van der Waals surface area (Å²) in [6.07, 6.45) is 4.31. The van der Waals surface area contributed by atoms with Crippen LogP contribution in [0.25, 0.3) is 16.8 Å². The molecular weight excluding hydrogens is 280 g/mol. The van der Waals surface area contributed by atoms with E-state index in [2.05, 4.69) is 85.8 Å². The Balaban J connectivity index is 2.02. The van der Waals surface area contributed by atoms with Gasteiger partial charge >= 0.3 is 0 Å². The summed E-state index contributed by atoms with van der Waals surface area (Å²) in [5.41, 5.74) is 3.54. The standard InChI is InChI=1S/C22H20O/c1-22(15-23)14-13-17-8-3-5-11-19(17)21(22)20-12-6-9-16-7-2-4-10-18(16)20/h2-14,21,23H,15H2,1H3/t21-,22-/m1/s1. The highest BCUT2D eigenvalue weighted by molar-refractivity contribution is 5.87. The fraction of sp³-hybridized carbons (Fsp3) is 0.182. The highest BCUT2D eigenvalue weighted by Crippen LogP contribution is 2.48. The van der Waals surface area contributed by atoms with Gasteiger partial charge in [-0.2, -0.15) is 0 Å². The average molecular weight is 300 g/mol. The van der Waals surface area contributed by atoms with Crippen molar-refractivity contribution in [1.82, 2.24) is 0 Å². The zero-order chi connectivity index (χ0) is 15.9. The lowest BCUT2D eigenvalue weighted by Crippen LogP contribution is -2.31. The van der Waals surface area contributed by atoms with E-state index in [-0.39, 0.29) is 17.9 Å². The predicted molar refractivity (Wildman–Crippen MR) is 96.5 cm³/mol. The normalized spacial score (nSPS) is 23.0. The molecule has 1 N–H and O–H groups in total. The molecular formula is C22H20O.